The number of thiophene rings is 1. The molecule has 0 aliphatic carbocycles. The van der Waals surface area contributed by atoms with E-state index in [0.717, 1.165) is 0 Å². The number of nitrogens with zero attached hydrogens (tertiary/aromatic N) is 1. The first-order valence-corrected chi connectivity index (χ1v) is 5.92. The van der Waals surface area contributed by atoms with Crippen LogP contribution >= 0.6 is 11.3 Å². The van der Waals surface area contributed by atoms with Crippen LogP contribution in [0.2, 0.25) is 0 Å². The van der Waals surface area contributed by atoms with E-state index < -0.39 is 11.4 Å². The standard InChI is InChI=1S/C11H15NO2S/c1-8(9-4-3-5-15-9)12-6-11(2,7-12)10(13)14/h3-5,8H,6-7H2,1-2H3,(H,13,14). The van der Waals surface area contributed by atoms with Gasteiger partial charge in [-0.25, -0.2) is 0 Å². The number of likely N-dealkylation sites (tertiary alicyclic amines) is 1. The third-order valence-corrected chi connectivity index (χ3v) is 4.17. The fourth-order valence-corrected chi connectivity index (χ4v) is 2.79. The first-order chi connectivity index (χ1) is 7.03. The molecule has 15 heavy (non-hydrogen) atoms. The Labute approximate surface area is 93.3 Å². The van der Waals surface area contributed by atoms with Gasteiger partial charge in [0.15, 0.2) is 0 Å². The molecule has 3 nitrogen and oxygen atoms in total. The second kappa shape index (κ2) is 3.61. The van der Waals surface area contributed by atoms with Crippen LogP contribution in [0.5, 0.6) is 0 Å². The van der Waals surface area contributed by atoms with Crippen molar-refractivity contribution in [2.75, 3.05) is 13.1 Å². The molecule has 0 amide bonds. The maximum Gasteiger partial charge on any atom is 0.311 e. The smallest absolute Gasteiger partial charge is 0.311 e. The molecule has 2 heterocycles. The normalized spacial score (nSPS) is 22.0. The highest BCUT2D eigenvalue weighted by Crippen LogP contribution is 2.37. The lowest BCUT2D eigenvalue weighted by Gasteiger charge is -2.47. The molecule has 1 aliphatic rings. The van der Waals surface area contributed by atoms with Crippen molar-refractivity contribution in [1.82, 2.24) is 4.90 Å². The summed E-state index contributed by atoms with van der Waals surface area (Å²) in [6.45, 7) is 5.25. The highest BCUT2D eigenvalue weighted by molar-refractivity contribution is 7.10. The maximum atomic E-state index is 10.9. The minimum atomic E-state index is -0.683. The number of aliphatic carboxylic acids is 1. The summed E-state index contributed by atoms with van der Waals surface area (Å²) in [6.07, 6.45) is 0. The Balaban J connectivity index is 1.98. The lowest BCUT2D eigenvalue weighted by molar-refractivity contribution is -0.160. The van der Waals surface area contributed by atoms with Gasteiger partial charge in [-0.05, 0) is 25.3 Å². The Morgan fingerprint density at radius 1 is 1.67 bits per heavy atom. The van der Waals surface area contributed by atoms with E-state index in [1.165, 1.54) is 4.88 Å². The summed E-state index contributed by atoms with van der Waals surface area (Å²) in [7, 11) is 0. The summed E-state index contributed by atoms with van der Waals surface area (Å²) in [5.41, 5.74) is -0.536. The second-order valence-corrected chi connectivity index (χ2v) is 5.44. The highest BCUT2D eigenvalue weighted by atomic mass is 32.1. The lowest BCUT2D eigenvalue weighted by Crippen LogP contribution is -2.59. The number of hydrogen-bond donors (Lipinski definition) is 1. The zero-order valence-corrected chi connectivity index (χ0v) is 9.75. The van der Waals surface area contributed by atoms with E-state index in [4.69, 9.17) is 5.11 Å². The molecule has 0 saturated carbocycles. The highest BCUT2D eigenvalue weighted by Gasteiger charge is 2.47. The van der Waals surface area contributed by atoms with Gasteiger partial charge in [-0.3, -0.25) is 9.69 Å². The van der Waals surface area contributed by atoms with E-state index in [1.54, 1.807) is 11.3 Å². The van der Waals surface area contributed by atoms with E-state index in [9.17, 15) is 4.79 Å². The molecular formula is C11H15NO2S. The Morgan fingerprint density at radius 2 is 2.33 bits per heavy atom. The van der Waals surface area contributed by atoms with Crippen molar-refractivity contribution in [3.05, 3.63) is 22.4 Å². The SMILES string of the molecule is CC(c1cccs1)N1CC(C)(C(=O)O)C1. The summed E-state index contributed by atoms with van der Waals surface area (Å²) in [6, 6.07) is 4.48. The van der Waals surface area contributed by atoms with Gasteiger partial charge in [0, 0.05) is 24.0 Å². The fourth-order valence-electron chi connectivity index (χ4n) is 1.97. The molecule has 1 aliphatic heterocycles. The zero-order chi connectivity index (χ0) is 11.1. The molecule has 1 aromatic heterocycles. The maximum absolute atomic E-state index is 10.9. The Kier molecular flexibility index (Phi) is 2.56. The molecule has 0 aromatic carbocycles. The van der Waals surface area contributed by atoms with Crippen molar-refractivity contribution in [2.45, 2.75) is 19.9 Å². The van der Waals surface area contributed by atoms with Crippen LogP contribution in [-0.4, -0.2) is 29.1 Å². The molecule has 82 valence electrons. The van der Waals surface area contributed by atoms with Crippen molar-refractivity contribution in [3.8, 4) is 0 Å². The Hall–Kier alpha value is -0.870. The summed E-state index contributed by atoms with van der Waals surface area (Å²) >= 11 is 1.73. The summed E-state index contributed by atoms with van der Waals surface area (Å²) < 4.78 is 0. The van der Waals surface area contributed by atoms with Crippen LogP contribution in [0.1, 0.15) is 24.8 Å². The quantitative estimate of drug-likeness (QED) is 0.857. The van der Waals surface area contributed by atoms with Gasteiger partial charge >= 0.3 is 5.97 Å². The van der Waals surface area contributed by atoms with Crippen LogP contribution in [0.25, 0.3) is 0 Å². The predicted molar refractivity (Wildman–Crippen MR) is 60.0 cm³/mol. The van der Waals surface area contributed by atoms with Gasteiger partial charge in [-0.1, -0.05) is 6.07 Å². The second-order valence-electron chi connectivity index (χ2n) is 4.46. The molecule has 1 unspecified atom stereocenters. The number of carbonyl (C=O) groups is 1. The number of rotatable bonds is 3. The molecule has 1 atom stereocenters. The molecule has 0 radical (unpaired) electrons. The average molecular weight is 225 g/mol. The summed E-state index contributed by atoms with van der Waals surface area (Å²) in [5, 5.41) is 11.1. The first-order valence-electron chi connectivity index (χ1n) is 5.04. The zero-order valence-electron chi connectivity index (χ0n) is 8.93. The van der Waals surface area contributed by atoms with E-state index in [1.807, 2.05) is 13.0 Å². The van der Waals surface area contributed by atoms with Gasteiger partial charge in [0.05, 0.1) is 5.41 Å². The molecule has 4 heteroatoms. The molecule has 2 rings (SSSR count). The van der Waals surface area contributed by atoms with Gasteiger partial charge in [-0.15, -0.1) is 11.3 Å². The van der Waals surface area contributed by atoms with E-state index in [0.29, 0.717) is 19.1 Å². The van der Waals surface area contributed by atoms with E-state index in [2.05, 4.69) is 23.3 Å². The number of carboxylic acid groups (broad SMARTS) is 1. The largest absolute Gasteiger partial charge is 0.481 e. The van der Waals surface area contributed by atoms with Crippen LogP contribution in [-0.2, 0) is 4.79 Å². The fraction of sp³-hybridized carbons (Fsp3) is 0.545. The van der Waals surface area contributed by atoms with Crippen LogP contribution in [0.3, 0.4) is 0 Å². The molecule has 0 spiro atoms. The van der Waals surface area contributed by atoms with Crippen molar-refractivity contribution >= 4 is 17.3 Å². The van der Waals surface area contributed by atoms with Crippen molar-refractivity contribution < 1.29 is 9.90 Å². The van der Waals surface area contributed by atoms with Gasteiger partial charge in [0.2, 0.25) is 0 Å². The van der Waals surface area contributed by atoms with Gasteiger partial charge in [-0.2, -0.15) is 0 Å². The monoisotopic (exact) mass is 225 g/mol. The van der Waals surface area contributed by atoms with Crippen molar-refractivity contribution in [2.24, 2.45) is 5.41 Å². The molecule has 0 bridgehead atoms. The molecule has 1 aromatic rings. The topological polar surface area (TPSA) is 40.5 Å². The van der Waals surface area contributed by atoms with Crippen molar-refractivity contribution in [1.29, 1.82) is 0 Å². The van der Waals surface area contributed by atoms with Crippen LogP contribution in [0.4, 0.5) is 0 Å². The minimum absolute atomic E-state index is 0.345. The Bertz CT molecular complexity index is 355. The van der Waals surface area contributed by atoms with Crippen molar-refractivity contribution in [3.63, 3.8) is 0 Å². The summed E-state index contributed by atoms with van der Waals surface area (Å²) in [4.78, 5) is 14.5. The number of hydrogen-bond acceptors (Lipinski definition) is 3. The van der Waals surface area contributed by atoms with Crippen LogP contribution in [0.15, 0.2) is 17.5 Å². The molecule has 1 saturated heterocycles. The first kappa shape index (κ1) is 10.6. The predicted octanol–water partition coefficient (Wildman–Crippen LogP) is 2.22. The average Bonchev–Trinajstić information content (AvgIpc) is 2.64. The number of carboxylic acids is 1. The minimum Gasteiger partial charge on any atom is -0.481 e. The third kappa shape index (κ3) is 1.79. The van der Waals surface area contributed by atoms with E-state index >= 15 is 0 Å². The third-order valence-electron chi connectivity index (χ3n) is 3.12. The molecular weight excluding hydrogens is 210 g/mol. The van der Waals surface area contributed by atoms with E-state index in [-0.39, 0.29) is 0 Å². The molecule has 1 N–H and O–H groups in total. The van der Waals surface area contributed by atoms with Crippen LogP contribution in [0, 0.1) is 5.41 Å². The summed E-state index contributed by atoms with van der Waals surface area (Å²) in [5.74, 6) is -0.683. The van der Waals surface area contributed by atoms with Gasteiger partial charge in [0.25, 0.3) is 0 Å². The Morgan fingerprint density at radius 3 is 2.80 bits per heavy atom. The van der Waals surface area contributed by atoms with Gasteiger partial charge in [0.1, 0.15) is 0 Å². The lowest BCUT2D eigenvalue weighted by atomic mass is 9.81. The van der Waals surface area contributed by atoms with Crippen LogP contribution < -0.4 is 0 Å². The van der Waals surface area contributed by atoms with Gasteiger partial charge < -0.3 is 5.11 Å². The molecule has 1 fully saturated rings.